The third-order valence-electron chi connectivity index (χ3n) is 6.23. The summed E-state index contributed by atoms with van der Waals surface area (Å²) in [6, 6.07) is 13.7. The lowest BCUT2D eigenvalue weighted by Gasteiger charge is -2.19. The van der Waals surface area contributed by atoms with Gasteiger partial charge in [-0.25, -0.2) is 4.79 Å². The topological polar surface area (TPSA) is 80.3 Å². The van der Waals surface area contributed by atoms with E-state index in [1.165, 1.54) is 20.3 Å². The maximum atomic E-state index is 13.2. The molecule has 0 spiro atoms. The number of fused-ring (bicyclic) bond motifs is 3. The van der Waals surface area contributed by atoms with Gasteiger partial charge in [-0.2, -0.15) is 0 Å². The first-order chi connectivity index (χ1) is 17.4. The molecule has 3 aromatic rings. The Morgan fingerprint density at radius 3 is 2.33 bits per heavy atom. The van der Waals surface area contributed by atoms with Crippen LogP contribution in [-0.2, 0) is 17.0 Å². The third kappa shape index (κ3) is 4.71. The first-order valence-corrected chi connectivity index (χ1v) is 11.9. The second-order valence-electron chi connectivity index (χ2n) is 8.23. The zero-order valence-corrected chi connectivity index (χ0v) is 21.3. The minimum atomic E-state index is -0.703. The Balaban J connectivity index is 1.91. The SMILES string of the molecule is COc1cc2c(c(OC)c1OC)-c1ccc(OC)c(=O)cc1[C@@H](OC(=O)c1cccc(CCl)c1)CC2. The summed E-state index contributed by atoms with van der Waals surface area (Å²) in [6.45, 7) is 0. The van der Waals surface area contributed by atoms with E-state index in [9.17, 15) is 9.59 Å². The smallest absolute Gasteiger partial charge is 0.338 e. The highest BCUT2D eigenvalue weighted by Crippen LogP contribution is 2.50. The maximum Gasteiger partial charge on any atom is 0.338 e. The maximum absolute atomic E-state index is 13.2. The molecular weight excluding hydrogens is 484 g/mol. The number of ether oxygens (including phenoxy) is 5. The molecule has 1 atom stereocenters. The summed E-state index contributed by atoms with van der Waals surface area (Å²) in [5.41, 5.74) is 3.74. The lowest BCUT2D eigenvalue weighted by molar-refractivity contribution is 0.0280. The Bertz CT molecular complexity index is 1350. The summed E-state index contributed by atoms with van der Waals surface area (Å²) in [4.78, 5) is 26.1. The van der Waals surface area contributed by atoms with Gasteiger partial charge in [0.05, 0.1) is 34.0 Å². The highest BCUT2D eigenvalue weighted by molar-refractivity contribution is 6.17. The summed E-state index contributed by atoms with van der Waals surface area (Å²) in [6.07, 6.45) is 0.270. The zero-order valence-electron chi connectivity index (χ0n) is 20.6. The van der Waals surface area contributed by atoms with E-state index < -0.39 is 12.1 Å². The molecule has 1 aliphatic carbocycles. The molecule has 0 radical (unpaired) electrons. The molecule has 188 valence electrons. The number of hydrogen-bond acceptors (Lipinski definition) is 7. The van der Waals surface area contributed by atoms with Crippen LogP contribution in [0.3, 0.4) is 0 Å². The van der Waals surface area contributed by atoms with Crippen molar-refractivity contribution in [3.05, 3.63) is 81.0 Å². The Hall–Kier alpha value is -3.71. The number of methoxy groups -OCH3 is 4. The van der Waals surface area contributed by atoms with Crippen molar-refractivity contribution in [2.45, 2.75) is 24.8 Å². The fraction of sp³-hybridized carbons (Fsp3) is 0.286. The number of hydrogen-bond donors (Lipinski definition) is 0. The molecule has 0 bridgehead atoms. The van der Waals surface area contributed by atoms with Crippen molar-refractivity contribution in [2.24, 2.45) is 0 Å². The van der Waals surface area contributed by atoms with Gasteiger partial charge in [-0.05, 0) is 65.9 Å². The molecule has 0 heterocycles. The van der Waals surface area contributed by atoms with Crippen molar-refractivity contribution < 1.29 is 28.5 Å². The van der Waals surface area contributed by atoms with Crippen molar-refractivity contribution in [1.82, 2.24) is 0 Å². The Labute approximate surface area is 214 Å². The summed E-state index contributed by atoms with van der Waals surface area (Å²) >= 11 is 5.94. The van der Waals surface area contributed by atoms with Crippen LogP contribution in [0.15, 0.2) is 53.3 Å². The molecule has 0 saturated heterocycles. The molecule has 0 saturated carbocycles. The monoisotopic (exact) mass is 510 g/mol. The fourth-order valence-corrected chi connectivity index (χ4v) is 4.70. The number of aryl methyl sites for hydroxylation is 1. The third-order valence-corrected chi connectivity index (χ3v) is 6.54. The lowest BCUT2D eigenvalue weighted by Crippen LogP contribution is -2.13. The van der Waals surface area contributed by atoms with Crippen molar-refractivity contribution in [1.29, 1.82) is 0 Å². The van der Waals surface area contributed by atoms with E-state index >= 15 is 0 Å². The van der Waals surface area contributed by atoms with Crippen molar-refractivity contribution in [3.63, 3.8) is 0 Å². The molecule has 0 fully saturated rings. The van der Waals surface area contributed by atoms with Crippen LogP contribution >= 0.6 is 11.6 Å². The highest BCUT2D eigenvalue weighted by Gasteiger charge is 2.31. The van der Waals surface area contributed by atoms with E-state index in [-0.39, 0.29) is 17.1 Å². The number of halogens is 1. The van der Waals surface area contributed by atoms with Gasteiger partial charge in [0.2, 0.25) is 11.2 Å². The van der Waals surface area contributed by atoms with Crippen LogP contribution in [0.1, 0.15) is 39.6 Å². The van der Waals surface area contributed by atoms with Gasteiger partial charge >= 0.3 is 5.97 Å². The summed E-state index contributed by atoms with van der Waals surface area (Å²) in [5.74, 6) is 1.36. The van der Waals surface area contributed by atoms with E-state index in [0.717, 1.165) is 16.7 Å². The number of alkyl halides is 1. The van der Waals surface area contributed by atoms with Gasteiger partial charge in [0.1, 0.15) is 6.10 Å². The van der Waals surface area contributed by atoms with Gasteiger partial charge in [-0.15, -0.1) is 11.6 Å². The number of carbonyl (C=O) groups excluding carboxylic acids is 1. The largest absolute Gasteiger partial charge is 0.493 e. The average molecular weight is 511 g/mol. The van der Waals surface area contributed by atoms with E-state index in [0.29, 0.717) is 46.8 Å². The van der Waals surface area contributed by atoms with Gasteiger partial charge in [-0.3, -0.25) is 4.79 Å². The number of rotatable bonds is 7. The van der Waals surface area contributed by atoms with Crippen molar-refractivity contribution >= 4 is 17.6 Å². The molecule has 1 aliphatic rings. The lowest BCUT2D eigenvalue weighted by atomic mass is 9.96. The molecule has 36 heavy (non-hydrogen) atoms. The van der Waals surface area contributed by atoms with E-state index in [1.54, 1.807) is 44.6 Å². The number of esters is 1. The van der Waals surface area contributed by atoms with Crippen molar-refractivity contribution in [2.75, 3.05) is 28.4 Å². The summed E-state index contributed by atoms with van der Waals surface area (Å²) in [5, 5.41) is 0. The van der Waals surface area contributed by atoms with Gasteiger partial charge in [0, 0.05) is 17.0 Å². The van der Waals surface area contributed by atoms with E-state index in [1.807, 2.05) is 12.1 Å². The Morgan fingerprint density at radius 1 is 0.917 bits per heavy atom. The second-order valence-corrected chi connectivity index (χ2v) is 8.49. The standard InChI is InChI=1S/C28H27ClO7/c1-32-23-11-9-19-20(14-21(23)30)22(36-28(31)18-7-5-6-16(12-18)15-29)10-8-17-13-24(33-2)26(34-3)27(35-4)25(17)19/h5-7,9,11-14,22H,8,10,15H2,1-4H3/t22-/m0/s1. The average Bonchev–Trinajstić information content (AvgIpc) is 3.15. The first kappa shape index (κ1) is 25.4. The number of carbonyl (C=O) groups is 1. The molecule has 7 nitrogen and oxygen atoms in total. The van der Waals surface area contributed by atoms with Gasteiger partial charge in [-0.1, -0.05) is 12.1 Å². The molecule has 0 aliphatic heterocycles. The minimum Gasteiger partial charge on any atom is -0.493 e. The van der Waals surface area contributed by atoms with Crippen LogP contribution in [0.4, 0.5) is 0 Å². The fourth-order valence-electron chi connectivity index (χ4n) is 4.53. The van der Waals surface area contributed by atoms with E-state index in [4.69, 9.17) is 35.3 Å². The van der Waals surface area contributed by atoms with Crippen molar-refractivity contribution in [3.8, 4) is 34.1 Å². The Morgan fingerprint density at radius 2 is 1.67 bits per heavy atom. The first-order valence-electron chi connectivity index (χ1n) is 11.4. The predicted octanol–water partition coefficient (Wildman–Crippen LogP) is 5.33. The summed E-state index contributed by atoms with van der Waals surface area (Å²) in [7, 11) is 6.08. The Kier molecular flexibility index (Phi) is 7.70. The molecular formula is C28H27ClO7. The number of benzene rings is 2. The molecule has 3 aromatic carbocycles. The molecule has 4 rings (SSSR count). The molecule has 0 aromatic heterocycles. The molecule has 0 amide bonds. The van der Waals surface area contributed by atoms with Crippen LogP contribution in [0, 0.1) is 0 Å². The van der Waals surface area contributed by atoms with E-state index in [2.05, 4.69) is 0 Å². The van der Waals surface area contributed by atoms with Crippen LogP contribution in [0.25, 0.3) is 11.1 Å². The quantitative estimate of drug-likeness (QED) is 0.314. The van der Waals surface area contributed by atoms with Gasteiger partial charge in [0.25, 0.3) is 0 Å². The van der Waals surface area contributed by atoms with Gasteiger partial charge in [0.15, 0.2) is 17.2 Å². The zero-order chi connectivity index (χ0) is 25.8. The summed E-state index contributed by atoms with van der Waals surface area (Å²) < 4.78 is 28.2. The van der Waals surface area contributed by atoms with Crippen LogP contribution in [0.2, 0.25) is 0 Å². The predicted molar refractivity (Wildman–Crippen MR) is 137 cm³/mol. The normalized spacial score (nSPS) is 14.1. The molecule has 8 heteroatoms. The van der Waals surface area contributed by atoms with Crippen LogP contribution in [0.5, 0.6) is 23.0 Å². The van der Waals surface area contributed by atoms with Crippen LogP contribution in [-0.4, -0.2) is 34.4 Å². The minimum absolute atomic E-state index is 0.170. The van der Waals surface area contributed by atoms with Gasteiger partial charge < -0.3 is 23.7 Å². The highest BCUT2D eigenvalue weighted by atomic mass is 35.5. The van der Waals surface area contributed by atoms with Crippen LogP contribution < -0.4 is 24.4 Å². The second kappa shape index (κ2) is 10.9. The molecule has 0 N–H and O–H groups in total. The molecule has 0 unspecified atom stereocenters.